The van der Waals surface area contributed by atoms with Crippen LogP contribution in [0.3, 0.4) is 0 Å². The van der Waals surface area contributed by atoms with Crippen LogP contribution in [-0.2, 0) is 0 Å². The number of benzene rings is 1. The molecule has 0 aliphatic heterocycles. The molecule has 0 spiro atoms. The lowest BCUT2D eigenvalue weighted by Crippen LogP contribution is -2.28. The number of carbonyl (C=O) groups excluding carboxylic acids is 1. The van der Waals surface area contributed by atoms with Crippen LogP contribution in [0, 0.1) is 20.8 Å². The molecular formula is C16H20N2OS. The molecule has 106 valence electrons. The molecule has 0 radical (unpaired) electrons. The summed E-state index contributed by atoms with van der Waals surface area (Å²) >= 11 is 1.60. The minimum absolute atomic E-state index is 0.0113. The molecule has 0 saturated heterocycles. The van der Waals surface area contributed by atoms with Crippen LogP contribution in [0.15, 0.2) is 23.6 Å². The fourth-order valence-corrected chi connectivity index (χ4v) is 2.93. The van der Waals surface area contributed by atoms with Gasteiger partial charge >= 0.3 is 0 Å². The van der Waals surface area contributed by atoms with Crippen molar-refractivity contribution in [2.75, 3.05) is 0 Å². The number of rotatable bonds is 4. The summed E-state index contributed by atoms with van der Waals surface area (Å²) in [7, 11) is 0. The van der Waals surface area contributed by atoms with Gasteiger partial charge in [-0.25, -0.2) is 4.98 Å². The molecule has 1 aromatic carbocycles. The molecule has 0 bridgehead atoms. The molecule has 2 rings (SSSR count). The van der Waals surface area contributed by atoms with Gasteiger partial charge in [0.1, 0.15) is 5.01 Å². The molecule has 1 heterocycles. The normalized spacial score (nSPS) is 12.2. The van der Waals surface area contributed by atoms with E-state index in [4.69, 9.17) is 0 Å². The standard InChI is InChI=1S/C16H20N2OS/c1-5-14(16-17-12(4)9-20-16)18-15(19)13-7-6-10(2)11(3)8-13/h6-9,14H,5H2,1-4H3,(H,18,19). The Morgan fingerprint density at radius 3 is 2.60 bits per heavy atom. The third kappa shape index (κ3) is 3.25. The van der Waals surface area contributed by atoms with E-state index >= 15 is 0 Å². The topological polar surface area (TPSA) is 42.0 Å². The highest BCUT2D eigenvalue weighted by Crippen LogP contribution is 2.21. The van der Waals surface area contributed by atoms with Crippen LogP contribution in [0.4, 0.5) is 0 Å². The third-order valence-electron chi connectivity index (χ3n) is 3.42. The molecule has 0 aliphatic rings. The van der Waals surface area contributed by atoms with Gasteiger partial charge in [0, 0.05) is 16.6 Å². The van der Waals surface area contributed by atoms with Crippen LogP contribution in [0.1, 0.15) is 51.6 Å². The predicted molar refractivity (Wildman–Crippen MR) is 83.3 cm³/mol. The molecule has 0 fully saturated rings. The highest BCUT2D eigenvalue weighted by atomic mass is 32.1. The Hall–Kier alpha value is -1.68. The fourth-order valence-electron chi connectivity index (χ4n) is 1.99. The number of thiazole rings is 1. The second-order valence-electron chi connectivity index (χ2n) is 5.06. The Bertz CT molecular complexity index is 619. The first-order valence-corrected chi connectivity index (χ1v) is 7.69. The predicted octanol–water partition coefficient (Wildman–Crippen LogP) is 3.95. The number of carbonyl (C=O) groups is 1. The maximum Gasteiger partial charge on any atom is 0.251 e. The number of nitrogens with one attached hydrogen (secondary N) is 1. The van der Waals surface area contributed by atoms with Crippen molar-refractivity contribution in [3.63, 3.8) is 0 Å². The number of hydrogen-bond donors (Lipinski definition) is 1. The summed E-state index contributed by atoms with van der Waals surface area (Å²) in [6, 6.07) is 5.78. The SMILES string of the molecule is CCC(NC(=O)c1ccc(C)c(C)c1)c1nc(C)cs1. The zero-order valence-electron chi connectivity index (χ0n) is 12.4. The number of aryl methyl sites for hydroxylation is 3. The van der Waals surface area contributed by atoms with Crippen molar-refractivity contribution in [3.8, 4) is 0 Å². The van der Waals surface area contributed by atoms with Crippen LogP contribution in [0.2, 0.25) is 0 Å². The van der Waals surface area contributed by atoms with E-state index in [-0.39, 0.29) is 11.9 Å². The summed E-state index contributed by atoms with van der Waals surface area (Å²) in [5.74, 6) is -0.0344. The molecule has 0 saturated carbocycles. The molecule has 1 atom stereocenters. The lowest BCUT2D eigenvalue weighted by molar-refractivity contribution is 0.0935. The van der Waals surface area contributed by atoms with Crippen LogP contribution in [0.5, 0.6) is 0 Å². The van der Waals surface area contributed by atoms with E-state index in [1.807, 2.05) is 44.4 Å². The first-order valence-electron chi connectivity index (χ1n) is 6.81. The van der Waals surface area contributed by atoms with Gasteiger partial charge in [-0.05, 0) is 50.5 Å². The minimum Gasteiger partial charge on any atom is -0.343 e. The molecule has 20 heavy (non-hydrogen) atoms. The zero-order valence-corrected chi connectivity index (χ0v) is 13.2. The van der Waals surface area contributed by atoms with Crippen molar-refractivity contribution in [3.05, 3.63) is 51.0 Å². The molecule has 2 aromatic rings. The van der Waals surface area contributed by atoms with Crippen molar-refractivity contribution in [1.82, 2.24) is 10.3 Å². The van der Waals surface area contributed by atoms with E-state index in [1.54, 1.807) is 11.3 Å². The first kappa shape index (κ1) is 14.7. The van der Waals surface area contributed by atoms with E-state index in [0.717, 1.165) is 22.7 Å². The molecule has 1 unspecified atom stereocenters. The fraction of sp³-hybridized carbons (Fsp3) is 0.375. The summed E-state index contributed by atoms with van der Waals surface area (Å²) in [4.78, 5) is 16.8. The number of nitrogens with zero attached hydrogens (tertiary/aromatic N) is 1. The van der Waals surface area contributed by atoms with Gasteiger partial charge in [-0.3, -0.25) is 4.79 Å². The third-order valence-corrected chi connectivity index (χ3v) is 4.49. The van der Waals surface area contributed by atoms with Gasteiger partial charge in [-0.2, -0.15) is 0 Å². The average Bonchev–Trinajstić information content (AvgIpc) is 2.85. The highest BCUT2D eigenvalue weighted by molar-refractivity contribution is 7.09. The first-order chi connectivity index (χ1) is 9.51. The Kier molecular flexibility index (Phi) is 4.55. The second kappa shape index (κ2) is 6.18. The van der Waals surface area contributed by atoms with Gasteiger partial charge < -0.3 is 5.32 Å². The van der Waals surface area contributed by atoms with E-state index < -0.39 is 0 Å². The molecule has 4 heteroatoms. The minimum atomic E-state index is -0.0344. The van der Waals surface area contributed by atoms with E-state index in [9.17, 15) is 4.79 Å². The Morgan fingerprint density at radius 1 is 1.30 bits per heavy atom. The van der Waals surface area contributed by atoms with Crippen molar-refractivity contribution >= 4 is 17.2 Å². The van der Waals surface area contributed by atoms with Crippen LogP contribution < -0.4 is 5.32 Å². The maximum absolute atomic E-state index is 12.3. The van der Waals surface area contributed by atoms with Crippen molar-refractivity contribution < 1.29 is 4.79 Å². The molecule has 3 nitrogen and oxygen atoms in total. The second-order valence-corrected chi connectivity index (χ2v) is 5.95. The average molecular weight is 288 g/mol. The lowest BCUT2D eigenvalue weighted by Gasteiger charge is -2.15. The Labute approximate surface area is 124 Å². The van der Waals surface area contributed by atoms with E-state index in [1.165, 1.54) is 5.56 Å². The van der Waals surface area contributed by atoms with E-state index in [0.29, 0.717) is 5.56 Å². The molecule has 1 N–H and O–H groups in total. The smallest absolute Gasteiger partial charge is 0.251 e. The quantitative estimate of drug-likeness (QED) is 0.925. The maximum atomic E-state index is 12.3. The van der Waals surface area contributed by atoms with Gasteiger partial charge in [0.15, 0.2) is 0 Å². The van der Waals surface area contributed by atoms with Crippen LogP contribution in [0.25, 0.3) is 0 Å². The molecule has 0 aliphatic carbocycles. The van der Waals surface area contributed by atoms with Crippen molar-refractivity contribution in [1.29, 1.82) is 0 Å². The number of amides is 1. The van der Waals surface area contributed by atoms with Crippen LogP contribution >= 0.6 is 11.3 Å². The van der Waals surface area contributed by atoms with Gasteiger partial charge in [0.05, 0.1) is 6.04 Å². The zero-order chi connectivity index (χ0) is 14.7. The summed E-state index contributed by atoms with van der Waals surface area (Å²) in [5, 5.41) is 6.06. The number of aromatic nitrogens is 1. The van der Waals surface area contributed by atoms with Gasteiger partial charge in [-0.1, -0.05) is 13.0 Å². The van der Waals surface area contributed by atoms with Crippen molar-refractivity contribution in [2.24, 2.45) is 0 Å². The van der Waals surface area contributed by atoms with Crippen molar-refractivity contribution in [2.45, 2.75) is 40.2 Å². The Morgan fingerprint density at radius 2 is 2.05 bits per heavy atom. The van der Waals surface area contributed by atoms with Gasteiger partial charge in [-0.15, -0.1) is 11.3 Å². The van der Waals surface area contributed by atoms with Gasteiger partial charge in [0.25, 0.3) is 5.91 Å². The molecular weight excluding hydrogens is 268 g/mol. The number of hydrogen-bond acceptors (Lipinski definition) is 3. The molecule has 1 amide bonds. The van der Waals surface area contributed by atoms with Crippen LogP contribution in [-0.4, -0.2) is 10.9 Å². The lowest BCUT2D eigenvalue weighted by atomic mass is 10.1. The van der Waals surface area contributed by atoms with E-state index in [2.05, 4.69) is 17.2 Å². The summed E-state index contributed by atoms with van der Waals surface area (Å²) in [5.41, 5.74) is 4.05. The molecule has 1 aromatic heterocycles. The van der Waals surface area contributed by atoms with Gasteiger partial charge in [0.2, 0.25) is 0 Å². The monoisotopic (exact) mass is 288 g/mol. The summed E-state index contributed by atoms with van der Waals surface area (Å²) in [6.07, 6.45) is 0.837. The summed E-state index contributed by atoms with van der Waals surface area (Å²) in [6.45, 7) is 8.09. The Balaban J connectivity index is 2.14. The largest absolute Gasteiger partial charge is 0.343 e. The highest BCUT2D eigenvalue weighted by Gasteiger charge is 2.17. The summed E-state index contributed by atoms with van der Waals surface area (Å²) < 4.78 is 0.